The Hall–Kier alpha value is -1.48. The average Bonchev–Trinajstić information content (AvgIpc) is 2.53. The van der Waals surface area contributed by atoms with Crippen molar-refractivity contribution < 1.29 is 9.53 Å². The van der Waals surface area contributed by atoms with Crippen molar-refractivity contribution in [3.63, 3.8) is 0 Å². The van der Waals surface area contributed by atoms with Crippen LogP contribution in [0.25, 0.3) is 10.9 Å². The van der Waals surface area contributed by atoms with Crippen LogP contribution in [0.15, 0.2) is 24.3 Å². The van der Waals surface area contributed by atoms with E-state index in [1.807, 2.05) is 31.3 Å². The van der Waals surface area contributed by atoms with E-state index in [9.17, 15) is 4.79 Å². The summed E-state index contributed by atoms with van der Waals surface area (Å²) in [6.07, 6.45) is 0. The minimum absolute atomic E-state index is 0.346. The van der Waals surface area contributed by atoms with E-state index >= 15 is 0 Å². The molecule has 0 saturated carbocycles. The number of hydrogen-bond acceptors (Lipinski definition) is 2. The first-order valence-electron chi connectivity index (χ1n) is 5.06. The topological polar surface area (TPSA) is 31.2 Å². The molecule has 84 valence electrons. The van der Waals surface area contributed by atoms with E-state index in [0.29, 0.717) is 17.3 Å². The second-order valence-electron chi connectivity index (χ2n) is 3.46. The van der Waals surface area contributed by atoms with Gasteiger partial charge in [-0.05, 0) is 13.0 Å². The second-order valence-corrected chi connectivity index (χ2v) is 3.82. The Morgan fingerprint density at radius 3 is 2.81 bits per heavy atom. The van der Waals surface area contributed by atoms with Gasteiger partial charge in [0.1, 0.15) is 10.7 Å². The summed E-state index contributed by atoms with van der Waals surface area (Å²) in [6, 6.07) is 7.58. The number of carbonyl (C=O) groups excluding carboxylic acids is 1. The first-order valence-corrected chi connectivity index (χ1v) is 5.44. The molecule has 16 heavy (non-hydrogen) atoms. The fraction of sp³-hybridized carbons (Fsp3) is 0.250. The Morgan fingerprint density at radius 2 is 2.12 bits per heavy atom. The van der Waals surface area contributed by atoms with Gasteiger partial charge < -0.3 is 9.30 Å². The maximum atomic E-state index is 11.8. The maximum absolute atomic E-state index is 11.8. The predicted molar refractivity (Wildman–Crippen MR) is 63.9 cm³/mol. The van der Waals surface area contributed by atoms with Crippen molar-refractivity contribution >= 4 is 28.5 Å². The van der Waals surface area contributed by atoms with Crippen molar-refractivity contribution in [2.24, 2.45) is 7.05 Å². The number of para-hydroxylation sites is 1. The van der Waals surface area contributed by atoms with Gasteiger partial charge in [0, 0.05) is 18.0 Å². The maximum Gasteiger partial charge on any atom is 0.341 e. The zero-order chi connectivity index (χ0) is 11.7. The normalized spacial score (nSPS) is 10.7. The molecule has 0 aliphatic carbocycles. The molecule has 4 heteroatoms. The van der Waals surface area contributed by atoms with Crippen LogP contribution in [-0.2, 0) is 11.8 Å². The monoisotopic (exact) mass is 237 g/mol. The third-order valence-corrected chi connectivity index (χ3v) is 2.96. The molecule has 0 aliphatic rings. The van der Waals surface area contributed by atoms with Crippen LogP contribution in [0.1, 0.15) is 17.3 Å². The van der Waals surface area contributed by atoms with Crippen molar-refractivity contribution in [2.75, 3.05) is 6.61 Å². The molecule has 0 amide bonds. The molecule has 0 aliphatic heterocycles. The lowest BCUT2D eigenvalue weighted by Crippen LogP contribution is -2.04. The highest BCUT2D eigenvalue weighted by molar-refractivity contribution is 6.35. The van der Waals surface area contributed by atoms with E-state index in [1.165, 1.54) is 0 Å². The number of halogens is 1. The van der Waals surface area contributed by atoms with E-state index in [1.54, 1.807) is 11.5 Å². The molecular formula is C12H12ClNO2. The third-order valence-electron chi connectivity index (χ3n) is 2.52. The van der Waals surface area contributed by atoms with Crippen LogP contribution in [0.5, 0.6) is 0 Å². The molecule has 0 unspecified atom stereocenters. The molecule has 0 bridgehead atoms. The van der Waals surface area contributed by atoms with Gasteiger partial charge in [0.25, 0.3) is 0 Å². The lowest BCUT2D eigenvalue weighted by atomic mass is 10.2. The highest BCUT2D eigenvalue weighted by atomic mass is 35.5. The van der Waals surface area contributed by atoms with Gasteiger partial charge in [0.2, 0.25) is 0 Å². The van der Waals surface area contributed by atoms with Crippen molar-refractivity contribution in [3.05, 3.63) is 35.0 Å². The highest BCUT2D eigenvalue weighted by Gasteiger charge is 2.20. The van der Waals surface area contributed by atoms with Crippen molar-refractivity contribution in [2.45, 2.75) is 6.92 Å². The number of rotatable bonds is 2. The van der Waals surface area contributed by atoms with Gasteiger partial charge in [0.15, 0.2) is 0 Å². The standard InChI is InChI=1S/C12H12ClNO2/c1-3-16-12(15)10-8-6-4-5-7-9(8)14(2)11(10)13/h4-7H,3H2,1-2H3. The Balaban J connectivity index is 2.68. The molecular weight excluding hydrogens is 226 g/mol. The zero-order valence-electron chi connectivity index (χ0n) is 9.16. The molecule has 0 atom stereocenters. The number of fused-ring (bicyclic) bond motifs is 1. The van der Waals surface area contributed by atoms with Gasteiger partial charge >= 0.3 is 5.97 Å². The minimum atomic E-state index is -0.371. The van der Waals surface area contributed by atoms with E-state index in [2.05, 4.69) is 0 Å². The molecule has 0 N–H and O–H groups in total. The van der Waals surface area contributed by atoms with Crippen LogP contribution in [0.2, 0.25) is 5.15 Å². The number of hydrogen-bond donors (Lipinski definition) is 0. The first kappa shape index (κ1) is 11.0. The number of carbonyl (C=O) groups is 1. The lowest BCUT2D eigenvalue weighted by molar-refractivity contribution is 0.0528. The van der Waals surface area contributed by atoms with Crippen LogP contribution >= 0.6 is 11.6 Å². The smallest absolute Gasteiger partial charge is 0.341 e. The Morgan fingerprint density at radius 1 is 1.44 bits per heavy atom. The molecule has 0 saturated heterocycles. The van der Waals surface area contributed by atoms with Crippen molar-refractivity contribution in [1.29, 1.82) is 0 Å². The summed E-state index contributed by atoms with van der Waals surface area (Å²) in [7, 11) is 1.83. The number of ether oxygens (including phenoxy) is 1. The summed E-state index contributed by atoms with van der Waals surface area (Å²) in [4.78, 5) is 11.8. The summed E-state index contributed by atoms with van der Waals surface area (Å²) in [5.41, 5.74) is 1.37. The molecule has 1 aromatic carbocycles. The summed E-state index contributed by atoms with van der Waals surface area (Å²) in [5, 5.41) is 1.24. The minimum Gasteiger partial charge on any atom is -0.462 e. The molecule has 3 nitrogen and oxygen atoms in total. The summed E-state index contributed by atoms with van der Waals surface area (Å²) in [6.45, 7) is 2.12. The SMILES string of the molecule is CCOC(=O)c1c(Cl)n(C)c2ccccc12. The second kappa shape index (κ2) is 4.18. The molecule has 0 radical (unpaired) electrons. The number of benzene rings is 1. The van der Waals surface area contributed by atoms with Crippen molar-refractivity contribution in [1.82, 2.24) is 4.57 Å². The van der Waals surface area contributed by atoms with E-state index < -0.39 is 0 Å². The highest BCUT2D eigenvalue weighted by Crippen LogP contribution is 2.29. The van der Waals surface area contributed by atoms with E-state index in [0.717, 1.165) is 10.9 Å². The predicted octanol–water partition coefficient (Wildman–Crippen LogP) is 3.01. The molecule has 2 aromatic rings. The first-order chi connectivity index (χ1) is 7.66. The van der Waals surface area contributed by atoms with Crippen LogP contribution < -0.4 is 0 Å². The van der Waals surface area contributed by atoms with E-state index in [-0.39, 0.29) is 5.97 Å². The molecule has 2 rings (SSSR count). The van der Waals surface area contributed by atoms with Gasteiger partial charge in [-0.3, -0.25) is 0 Å². The van der Waals surface area contributed by atoms with Crippen LogP contribution in [0.3, 0.4) is 0 Å². The third kappa shape index (κ3) is 1.57. The van der Waals surface area contributed by atoms with Gasteiger partial charge in [0.05, 0.1) is 6.61 Å². The fourth-order valence-electron chi connectivity index (χ4n) is 1.76. The summed E-state index contributed by atoms with van der Waals surface area (Å²) in [5.74, 6) is -0.371. The van der Waals surface area contributed by atoms with Gasteiger partial charge in [-0.2, -0.15) is 0 Å². The molecule has 0 fully saturated rings. The molecule has 0 spiro atoms. The zero-order valence-corrected chi connectivity index (χ0v) is 9.91. The number of nitrogens with zero attached hydrogens (tertiary/aromatic N) is 1. The van der Waals surface area contributed by atoms with Gasteiger partial charge in [-0.25, -0.2) is 4.79 Å². The summed E-state index contributed by atoms with van der Waals surface area (Å²) >= 11 is 6.13. The van der Waals surface area contributed by atoms with Gasteiger partial charge in [-0.1, -0.05) is 29.8 Å². The number of aryl methyl sites for hydroxylation is 1. The van der Waals surface area contributed by atoms with Crippen LogP contribution in [0, 0.1) is 0 Å². The fourth-order valence-corrected chi connectivity index (χ4v) is 2.03. The average molecular weight is 238 g/mol. The Bertz CT molecular complexity index is 545. The largest absolute Gasteiger partial charge is 0.462 e. The van der Waals surface area contributed by atoms with Gasteiger partial charge in [-0.15, -0.1) is 0 Å². The van der Waals surface area contributed by atoms with Crippen molar-refractivity contribution in [3.8, 4) is 0 Å². The Labute approximate surface area is 98.6 Å². The Kier molecular flexibility index (Phi) is 2.88. The molecule has 1 heterocycles. The quantitative estimate of drug-likeness (QED) is 0.752. The van der Waals surface area contributed by atoms with E-state index in [4.69, 9.17) is 16.3 Å². The van der Waals surface area contributed by atoms with Crippen LogP contribution in [-0.4, -0.2) is 17.1 Å². The number of esters is 1. The number of aromatic nitrogens is 1. The lowest BCUT2D eigenvalue weighted by Gasteiger charge is -2.00. The molecule has 1 aromatic heterocycles. The summed E-state index contributed by atoms with van der Waals surface area (Å²) < 4.78 is 6.77. The van der Waals surface area contributed by atoms with Crippen LogP contribution in [0.4, 0.5) is 0 Å².